The zero-order chi connectivity index (χ0) is 15.6. The quantitative estimate of drug-likeness (QED) is 0.811. The van der Waals surface area contributed by atoms with Crippen LogP contribution in [0.1, 0.15) is 40.2 Å². The van der Waals surface area contributed by atoms with Gasteiger partial charge >= 0.3 is 0 Å². The molecule has 3 heteroatoms. The van der Waals surface area contributed by atoms with E-state index in [2.05, 4.69) is 58.5 Å². The summed E-state index contributed by atoms with van der Waals surface area (Å²) in [5, 5.41) is 0. The molecule has 0 aliphatic rings. The van der Waals surface area contributed by atoms with Crippen LogP contribution in [0.15, 0.2) is 24.3 Å². The molecular weight excluding hydrogens is 251 g/mol. The summed E-state index contributed by atoms with van der Waals surface area (Å²) < 4.78 is 14.0. The van der Waals surface area contributed by atoms with Crippen molar-refractivity contribution in [3.8, 4) is 0 Å². The van der Waals surface area contributed by atoms with Gasteiger partial charge in [0.05, 0.1) is 0 Å². The predicted octanol–water partition coefficient (Wildman–Crippen LogP) is 3.72. The summed E-state index contributed by atoms with van der Waals surface area (Å²) in [6, 6.07) is 7.04. The molecule has 0 bridgehead atoms. The molecule has 0 saturated carbocycles. The fourth-order valence-corrected chi connectivity index (χ4v) is 2.08. The van der Waals surface area contributed by atoms with E-state index in [1.54, 1.807) is 6.07 Å². The monoisotopic (exact) mass is 280 g/mol. The molecule has 0 radical (unpaired) electrons. The summed E-state index contributed by atoms with van der Waals surface area (Å²) in [5.41, 5.74) is 0.591. The lowest BCUT2D eigenvalue weighted by molar-refractivity contribution is 0.104. The molecule has 1 rings (SSSR count). The number of hydrogen-bond donors (Lipinski definition) is 0. The third kappa shape index (κ3) is 4.03. The molecule has 20 heavy (non-hydrogen) atoms. The minimum Gasteiger partial charge on any atom is -0.300 e. The topological polar surface area (TPSA) is 6.48 Å². The van der Waals surface area contributed by atoms with Gasteiger partial charge in [0.15, 0.2) is 0 Å². The van der Waals surface area contributed by atoms with E-state index in [4.69, 9.17) is 0 Å². The zero-order valence-electron chi connectivity index (χ0n) is 14.0. The number of halogens is 1. The van der Waals surface area contributed by atoms with Crippen molar-refractivity contribution in [2.24, 2.45) is 0 Å². The van der Waals surface area contributed by atoms with Gasteiger partial charge in [-0.3, -0.25) is 4.90 Å². The SMILES string of the molecule is CN(CCN(C)C(C)(C)c1ccccc1F)C(C)(C)C. The Balaban J connectivity index is 2.76. The van der Waals surface area contributed by atoms with E-state index in [1.807, 2.05) is 12.1 Å². The second-order valence-electron chi connectivity index (χ2n) is 7.05. The second kappa shape index (κ2) is 6.23. The summed E-state index contributed by atoms with van der Waals surface area (Å²) in [6.07, 6.45) is 0. The van der Waals surface area contributed by atoms with Gasteiger partial charge in [-0.05, 0) is 54.8 Å². The molecule has 0 spiro atoms. The molecule has 1 aromatic carbocycles. The van der Waals surface area contributed by atoms with Crippen molar-refractivity contribution >= 4 is 0 Å². The summed E-state index contributed by atoms with van der Waals surface area (Å²) in [6.45, 7) is 12.6. The second-order valence-corrected chi connectivity index (χ2v) is 7.05. The summed E-state index contributed by atoms with van der Waals surface area (Å²) in [4.78, 5) is 4.54. The molecule has 114 valence electrons. The van der Waals surface area contributed by atoms with Crippen LogP contribution in [0.4, 0.5) is 4.39 Å². The Bertz CT molecular complexity index is 435. The molecule has 0 amide bonds. The highest BCUT2D eigenvalue weighted by Crippen LogP contribution is 2.28. The van der Waals surface area contributed by atoms with Crippen LogP contribution in [0.25, 0.3) is 0 Å². The Kier molecular flexibility index (Phi) is 5.33. The predicted molar refractivity (Wildman–Crippen MR) is 84.4 cm³/mol. The Morgan fingerprint density at radius 1 is 0.900 bits per heavy atom. The largest absolute Gasteiger partial charge is 0.300 e. The highest BCUT2D eigenvalue weighted by Gasteiger charge is 2.29. The van der Waals surface area contributed by atoms with E-state index in [0.29, 0.717) is 0 Å². The molecule has 2 nitrogen and oxygen atoms in total. The number of nitrogens with zero attached hydrogens (tertiary/aromatic N) is 2. The number of benzene rings is 1. The normalized spacial score (nSPS) is 13.3. The summed E-state index contributed by atoms with van der Waals surface area (Å²) in [5.74, 6) is -0.131. The Labute approximate surface area is 123 Å². The van der Waals surface area contributed by atoms with E-state index in [1.165, 1.54) is 6.07 Å². The lowest BCUT2D eigenvalue weighted by atomic mass is 9.92. The van der Waals surface area contributed by atoms with Gasteiger partial charge < -0.3 is 4.90 Å². The van der Waals surface area contributed by atoms with E-state index in [9.17, 15) is 4.39 Å². The van der Waals surface area contributed by atoms with Crippen molar-refractivity contribution in [2.45, 2.75) is 45.7 Å². The van der Waals surface area contributed by atoms with Crippen molar-refractivity contribution in [3.63, 3.8) is 0 Å². The summed E-state index contributed by atoms with van der Waals surface area (Å²) >= 11 is 0. The van der Waals surface area contributed by atoms with E-state index >= 15 is 0 Å². The van der Waals surface area contributed by atoms with Crippen LogP contribution < -0.4 is 0 Å². The number of likely N-dealkylation sites (N-methyl/N-ethyl adjacent to an activating group) is 2. The number of hydrogen-bond acceptors (Lipinski definition) is 2. The van der Waals surface area contributed by atoms with Gasteiger partial charge in [0.25, 0.3) is 0 Å². The third-order valence-corrected chi connectivity index (χ3v) is 4.40. The maximum atomic E-state index is 14.0. The van der Waals surface area contributed by atoms with Crippen molar-refractivity contribution in [1.29, 1.82) is 0 Å². The Hall–Kier alpha value is -0.930. The molecule has 0 aromatic heterocycles. The lowest BCUT2D eigenvalue weighted by Crippen LogP contribution is -2.46. The first-order chi connectivity index (χ1) is 9.06. The molecule has 0 N–H and O–H groups in total. The molecule has 0 atom stereocenters. The lowest BCUT2D eigenvalue weighted by Gasteiger charge is -2.39. The minimum absolute atomic E-state index is 0.131. The average Bonchev–Trinajstić information content (AvgIpc) is 2.34. The highest BCUT2D eigenvalue weighted by molar-refractivity contribution is 5.24. The van der Waals surface area contributed by atoms with Crippen molar-refractivity contribution in [3.05, 3.63) is 35.6 Å². The van der Waals surface area contributed by atoms with E-state index < -0.39 is 0 Å². The van der Waals surface area contributed by atoms with Crippen LogP contribution in [0.2, 0.25) is 0 Å². The molecular formula is C17H29FN2. The van der Waals surface area contributed by atoms with Gasteiger partial charge in [-0.15, -0.1) is 0 Å². The van der Waals surface area contributed by atoms with Crippen molar-refractivity contribution in [2.75, 3.05) is 27.2 Å². The standard InChI is InChI=1S/C17H29FN2/c1-16(2,3)19(6)12-13-20(7)17(4,5)14-10-8-9-11-15(14)18/h8-11H,12-13H2,1-7H3. The Morgan fingerprint density at radius 3 is 1.90 bits per heavy atom. The minimum atomic E-state index is -0.315. The molecule has 0 saturated heterocycles. The molecule has 0 aliphatic heterocycles. The summed E-state index contributed by atoms with van der Waals surface area (Å²) in [7, 11) is 4.19. The van der Waals surface area contributed by atoms with Gasteiger partial charge in [-0.2, -0.15) is 0 Å². The van der Waals surface area contributed by atoms with Gasteiger partial charge in [-0.1, -0.05) is 18.2 Å². The Morgan fingerprint density at radius 2 is 1.40 bits per heavy atom. The van der Waals surface area contributed by atoms with Gasteiger partial charge in [0, 0.05) is 29.7 Å². The maximum Gasteiger partial charge on any atom is 0.128 e. The molecule has 0 fully saturated rings. The fourth-order valence-electron chi connectivity index (χ4n) is 2.08. The molecule has 0 aliphatic carbocycles. The van der Waals surface area contributed by atoms with Crippen LogP contribution >= 0.6 is 0 Å². The van der Waals surface area contributed by atoms with Crippen molar-refractivity contribution in [1.82, 2.24) is 9.80 Å². The van der Waals surface area contributed by atoms with Crippen LogP contribution in [-0.4, -0.2) is 42.5 Å². The first-order valence-electron chi connectivity index (χ1n) is 7.24. The van der Waals surface area contributed by atoms with Gasteiger partial charge in [-0.25, -0.2) is 4.39 Å². The molecule has 0 unspecified atom stereocenters. The molecule has 0 heterocycles. The van der Waals surface area contributed by atoms with Crippen LogP contribution in [0.3, 0.4) is 0 Å². The zero-order valence-corrected chi connectivity index (χ0v) is 14.0. The van der Waals surface area contributed by atoms with Crippen LogP contribution in [0, 0.1) is 5.82 Å². The van der Waals surface area contributed by atoms with E-state index in [-0.39, 0.29) is 16.9 Å². The van der Waals surface area contributed by atoms with Crippen LogP contribution in [0.5, 0.6) is 0 Å². The smallest absolute Gasteiger partial charge is 0.128 e. The maximum absolute atomic E-state index is 14.0. The number of rotatable bonds is 5. The van der Waals surface area contributed by atoms with Crippen molar-refractivity contribution < 1.29 is 4.39 Å². The van der Waals surface area contributed by atoms with Gasteiger partial charge in [0.1, 0.15) is 5.82 Å². The van der Waals surface area contributed by atoms with Crippen LogP contribution in [-0.2, 0) is 5.54 Å². The fraction of sp³-hybridized carbons (Fsp3) is 0.647. The highest BCUT2D eigenvalue weighted by atomic mass is 19.1. The first-order valence-corrected chi connectivity index (χ1v) is 7.24. The average molecular weight is 280 g/mol. The third-order valence-electron chi connectivity index (χ3n) is 4.40. The molecule has 1 aromatic rings. The van der Waals surface area contributed by atoms with Gasteiger partial charge in [0.2, 0.25) is 0 Å². The first kappa shape index (κ1) is 17.1. The van der Waals surface area contributed by atoms with E-state index in [0.717, 1.165) is 18.7 Å².